The van der Waals surface area contributed by atoms with Crippen LogP contribution in [0.1, 0.15) is 18.1 Å². The number of fused-ring (bicyclic) bond motifs is 1. The Morgan fingerprint density at radius 2 is 1.81 bits per heavy atom. The zero-order valence-corrected chi connectivity index (χ0v) is 15.6. The highest BCUT2D eigenvalue weighted by atomic mass is 16.6. The Hall–Kier alpha value is -2.73. The Morgan fingerprint density at radius 3 is 2.56 bits per heavy atom. The van der Waals surface area contributed by atoms with Crippen molar-refractivity contribution in [3.8, 4) is 5.75 Å². The summed E-state index contributed by atoms with van der Waals surface area (Å²) in [6.07, 6.45) is 0.282. The molecule has 0 aromatic heterocycles. The van der Waals surface area contributed by atoms with Crippen LogP contribution < -0.4 is 15.0 Å². The van der Waals surface area contributed by atoms with E-state index in [9.17, 15) is 4.79 Å². The van der Waals surface area contributed by atoms with E-state index in [1.807, 2.05) is 36.4 Å². The Kier molecular flexibility index (Phi) is 5.16. The van der Waals surface area contributed by atoms with Crippen LogP contribution >= 0.6 is 0 Å². The van der Waals surface area contributed by atoms with Gasteiger partial charge < -0.3 is 14.4 Å². The molecule has 2 aromatic rings. The van der Waals surface area contributed by atoms with E-state index in [1.165, 1.54) is 5.69 Å². The predicted octanol–water partition coefficient (Wildman–Crippen LogP) is 3.51. The Bertz CT molecular complexity index is 786. The van der Waals surface area contributed by atoms with Crippen LogP contribution in [0.3, 0.4) is 0 Å². The van der Waals surface area contributed by atoms with Crippen LogP contribution in [0.15, 0.2) is 48.5 Å². The molecule has 142 valence electrons. The summed E-state index contributed by atoms with van der Waals surface area (Å²) in [7, 11) is 1.69. The minimum atomic E-state index is -0.358. The highest BCUT2D eigenvalue weighted by Gasteiger charge is 2.27. The molecule has 0 saturated carbocycles. The number of nitrogens with one attached hydrogen (secondary N) is 1. The molecule has 2 aliphatic rings. The molecule has 1 atom stereocenters. The number of hydrogen-bond donors (Lipinski definition) is 1. The minimum absolute atomic E-state index is 0.172. The van der Waals surface area contributed by atoms with Crippen molar-refractivity contribution in [2.45, 2.75) is 12.5 Å². The van der Waals surface area contributed by atoms with E-state index in [2.05, 4.69) is 27.2 Å². The van der Waals surface area contributed by atoms with Gasteiger partial charge in [-0.05, 0) is 30.3 Å². The quantitative estimate of drug-likeness (QED) is 0.876. The van der Waals surface area contributed by atoms with E-state index < -0.39 is 0 Å². The maximum Gasteiger partial charge on any atom is 0.412 e. The predicted molar refractivity (Wildman–Crippen MR) is 106 cm³/mol. The fourth-order valence-electron chi connectivity index (χ4n) is 3.76. The molecular weight excluding hydrogens is 342 g/mol. The highest BCUT2D eigenvalue weighted by Crippen LogP contribution is 2.32. The molecule has 2 aromatic carbocycles. The van der Waals surface area contributed by atoms with Crippen molar-refractivity contribution in [1.29, 1.82) is 0 Å². The molecule has 2 heterocycles. The number of rotatable bonds is 5. The van der Waals surface area contributed by atoms with Gasteiger partial charge in [0.05, 0.1) is 12.8 Å². The summed E-state index contributed by atoms with van der Waals surface area (Å²) >= 11 is 0. The maximum absolute atomic E-state index is 11.8. The van der Waals surface area contributed by atoms with Gasteiger partial charge in [0.25, 0.3) is 0 Å². The molecule has 1 unspecified atom stereocenters. The van der Waals surface area contributed by atoms with E-state index in [-0.39, 0.29) is 12.2 Å². The van der Waals surface area contributed by atoms with Crippen LogP contribution in [0.25, 0.3) is 0 Å². The van der Waals surface area contributed by atoms with Crippen molar-refractivity contribution in [2.24, 2.45) is 0 Å². The standard InChI is InChI=1S/C21H25N3O3/c1-26-17-8-6-16(7-9-17)24-14-12-23(13-15-24)11-10-20-18-4-2-3-5-19(18)22-21(25)27-20/h2-9,20H,10-15H2,1H3,(H,22,25). The first-order chi connectivity index (χ1) is 13.2. The first-order valence-electron chi connectivity index (χ1n) is 9.41. The lowest BCUT2D eigenvalue weighted by atomic mass is 10.0. The number of hydrogen-bond acceptors (Lipinski definition) is 5. The Morgan fingerprint density at radius 1 is 1.07 bits per heavy atom. The minimum Gasteiger partial charge on any atom is -0.497 e. The van der Waals surface area contributed by atoms with Gasteiger partial charge in [0.1, 0.15) is 11.9 Å². The van der Waals surface area contributed by atoms with Gasteiger partial charge in [-0.15, -0.1) is 0 Å². The third kappa shape index (κ3) is 4.01. The molecule has 2 aliphatic heterocycles. The molecule has 1 saturated heterocycles. The molecule has 27 heavy (non-hydrogen) atoms. The van der Waals surface area contributed by atoms with Gasteiger partial charge in [0, 0.05) is 50.4 Å². The van der Waals surface area contributed by atoms with Gasteiger partial charge in [-0.2, -0.15) is 0 Å². The lowest BCUT2D eigenvalue weighted by molar-refractivity contribution is 0.0906. The van der Waals surface area contributed by atoms with Crippen LogP contribution in [0.5, 0.6) is 5.75 Å². The zero-order valence-electron chi connectivity index (χ0n) is 15.6. The van der Waals surface area contributed by atoms with Gasteiger partial charge in [-0.1, -0.05) is 18.2 Å². The molecule has 1 N–H and O–H groups in total. The van der Waals surface area contributed by atoms with Gasteiger partial charge in [-0.3, -0.25) is 10.2 Å². The molecule has 6 heteroatoms. The van der Waals surface area contributed by atoms with Crippen LogP contribution in [0, 0.1) is 0 Å². The van der Waals surface area contributed by atoms with Crippen LogP contribution in [0.2, 0.25) is 0 Å². The summed E-state index contributed by atoms with van der Waals surface area (Å²) < 4.78 is 10.7. The van der Waals surface area contributed by atoms with Crippen molar-refractivity contribution in [2.75, 3.05) is 50.1 Å². The number of anilines is 2. The van der Waals surface area contributed by atoms with E-state index in [1.54, 1.807) is 7.11 Å². The summed E-state index contributed by atoms with van der Waals surface area (Å²) in [5.74, 6) is 0.884. The highest BCUT2D eigenvalue weighted by molar-refractivity contribution is 5.88. The van der Waals surface area contributed by atoms with Crippen molar-refractivity contribution in [3.63, 3.8) is 0 Å². The first-order valence-corrected chi connectivity index (χ1v) is 9.41. The number of benzene rings is 2. The second-order valence-corrected chi connectivity index (χ2v) is 6.92. The molecule has 0 radical (unpaired) electrons. The normalized spacial score (nSPS) is 19.8. The van der Waals surface area contributed by atoms with Crippen LogP contribution in [-0.4, -0.2) is 50.8 Å². The SMILES string of the molecule is COc1ccc(N2CCN(CCC3OC(=O)Nc4ccccc43)CC2)cc1. The van der Waals surface area contributed by atoms with E-state index in [4.69, 9.17) is 9.47 Å². The van der Waals surface area contributed by atoms with E-state index >= 15 is 0 Å². The third-order valence-corrected chi connectivity index (χ3v) is 5.31. The van der Waals surface area contributed by atoms with Gasteiger partial charge >= 0.3 is 6.09 Å². The van der Waals surface area contributed by atoms with Gasteiger partial charge in [0.2, 0.25) is 0 Å². The summed E-state index contributed by atoms with van der Waals surface area (Å²) in [4.78, 5) is 16.6. The largest absolute Gasteiger partial charge is 0.497 e. The molecule has 0 aliphatic carbocycles. The number of methoxy groups -OCH3 is 1. The maximum atomic E-state index is 11.8. The molecule has 1 amide bonds. The monoisotopic (exact) mass is 367 g/mol. The number of nitrogens with zero attached hydrogens (tertiary/aromatic N) is 2. The van der Waals surface area contributed by atoms with E-state index in [0.717, 1.165) is 56.1 Å². The number of carbonyl (C=O) groups excluding carboxylic acids is 1. The third-order valence-electron chi connectivity index (χ3n) is 5.31. The Balaban J connectivity index is 1.30. The molecule has 4 rings (SSSR count). The summed E-state index contributed by atoms with van der Waals surface area (Å²) in [5.41, 5.74) is 3.16. The Labute approximate surface area is 159 Å². The van der Waals surface area contributed by atoms with Crippen molar-refractivity contribution >= 4 is 17.5 Å². The number of ether oxygens (including phenoxy) is 2. The summed E-state index contributed by atoms with van der Waals surface area (Å²) in [6.45, 7) is 4.92. The number of piperazine rings is 1. The molecule has 0 bridgehead atoms. The van der Waals surface area contributed by atoms with Crippen LogP contribution in [-0.2, 0) is 4.74 Å². The molecule has 1 fully saturated rings. The smallest absolute Gasteiger partial charge is 0.412 e. The average molecular weight is 367 g/mol. The lowest BCUT2D eigenvalue weighted by Gasteiger charge is -2.37. The van der Waals surface area contributed by atoms with Gasteiger partial charge in [0.15, 0.2) is 0 Å². The average Bonchev–Trinajstić information content (AvgIpc) is 2.72. The van der Waals surface area contributed by atoms with E-state index in [0.29, 0.717) is 0 Å². The summed E-state index contributed by atoms with van der Waals surface area (Å²) in [6, 6.07) is 16.1. The van der Waals surface area contributed by atoms with Crippen molar-refractivity contribution in [3.05, 3.63) is 54.1 Å². The number of para-hydroxylation sites is 1. The van der Waals surface area contributed by atoms with Crippen LogP contribution in [0.4, 0.5) is 16.2 Å². The fourth-order valence-corrected chi connectivity index (χ4v) is 3.76. The number of carbonyl (C=O) groups is 1. The second kappa shape index (κ2) is 7.88. The molecule has 6 nitrogen and oxygen atoms in total. The second-order valence-electron chi connectivity index (χ2n) is 6.92. The number of amides is 1. The van der Waals surface area contributed by atoms with Gasteiger partial charge in [-0.25, -0.2) is 4.79 Å². The lowest BCUT2D eigenvalue weighted by Crippen LogP contribution is -2.47. The fraction of sp³-hybridized carbons (Fsp3) is 0.381. The molecule has 0 spiro atoms. The topological polar surface area (TPSA) is 54.0 Å². The van der Waals surface area contributed by atoms with Crippen molar-refractivity contribution < 1.29 is 14.3 Å². The number of cyclic esters (lactones) is 1. The molecular formula is C21H25N3O3. The first kappa shape index (κ1) is 17.7. The van der Waals surface area contributed by atoms with Crippen molar-refractivity contribution in [1.82, 2.24) is 4.90 Å². The zero-order chi connectivity index (χ0) is 18.6. The summed E-state index contributed by atoms with van der Waals surface area (Å²) in [5, 5.41) is 2.77.